The van der Waals surface area contributed by atoms with Gasteiger partial charge in [0.15, 0.2) is 0 Å². The number of carbonyl (C=O) groups is 1. The smallest absolute Gasteiger partial charge is 0.236 e. The van der Waals surface area contributed by atoms with E-state index in [1.807, 2.05) is 24.3 Å². The highest BCUT2D eigenvalue weighted by Gasteiger charge is 2.22. The van der Waals surface area contributed by atoms with Gasteiger partial charge in [-0.15, -0.1) is 0 Å². The monoisotopic (exact) mass is 330 g/mol. The van der Waals surface area contributed by atoms with Crippen molar-refractivity contribution in [3.63, 3.8) is 0 Å². The van der Waals surface area contributed by atoms with E-state index in [0.717, 1.165) is 17.7 Å². The summed E-state index contributed by atoms with van der Waals surface area (Å²) in [5.41, 5.74) is 1.93. The topological polar surface area (TPSA) is 66.5 Å². The molecule has 3 rings (SSSR count). The SMILES string of the molecule is O=C1CCCN1c1cccc(NS(=O)(=O)Cc2ccccc2)c1. The fourth-order valence-corrected chi connectivity index (χ4v) is 3.86. The summed E-state index contributed by atoms with van der Waals surface area (Å²) in [6.45, 7) is 0.680. The van der Waals surface area contributed by atoms with Gasteiger partial charge < -0.3 is 4.90 Å². The van der Waals surface area contributed by atoms with Gasteiger partial charge in [0.2, 0.25) is 15.9 Å². The van der Waals surface area contributed by atoms with E-state index in [0.29, 0.717) is 18.7 Å². The van der Waals surface area contributed by atoms with Gasteiger partial charge in [0.05, 0.1) is 11.4 Å². The summed E-state index contributed by atoms with van der Waals surface area (Å²) in [5.74, 6) is -0.00458. The number of amides is 1. The second-order valence-corrected chi connectivity index (χ2v) is 7.27. The van der Waals surface area contributed by atoms with E-state index < -0.39 is 10.0 Å². The van der Waals surface area contributed by atoms with Crippen molar-refractivity contribution in [3.8, 4) is 0 Å². The average Bonchev–Trinajstić information content (AvgIpc) is 2.93. The van der Waals surface area contributed by atoms with Crippen LogP contribution in [0.5, 0.6) is 0 Å². The maximum atomic E-state index is 12.3. The first-order valence-corrected chi connectivity index (χ1v) is 9.14. The minimum atomic E-state index is -3.49. The summed E-state index contributed by atoms with van der Waals surface area (Å²) in [5, 5.41) is 0. The summed E-state index contributed by atoms with van der Waals surface area (Å²) in [6, 6.07) is 16.0. The molecule has 120 valence electrons. The third-order valence-electron chi connectivity index (χ3n) is 3.70. The van der Waals surface area contributed by atoms with E-state index in [4.69, 9.17) is 0 Å². The van der Waals surface area contributed by atoms with Gasteiger partial charge in [0.25, 0.3) is 0 Å². The second-order valence-electron chi connectivity index (χ2n) is 5.55. The Hall–Kier alpha value is -2.34. The first-order chi connectivity index (χ1) is 11.0. The molecule has 0 spiro atoms. The molecule has 0 unspecified atom stereocenters. The highest BCUT2D eigenvalue weighted by molar-refractivity contribution is 7.91. The Morgan fingerprint density at radius 3 is 2.52 bits per heavy atom. The molecule has 2 aromatic rings. The molecule has 1 fully saturated rings. The van der Waals surface area contributed by atoms with Crippen molar-refractivity contribution in [2.24, 2.45) is 0 Å². The Morgan fingerprint density at radius 2 is 1.83 bits per heavy atom. The van der Waals surface area contributed by atoms with Gasteiger partial charge >= 0.3 is 0 Å². The van der Waals surface area contributed by atoms with Gasteiger partial charge in [-0.25, -0.2) is 8.42 Å². The number of anilines is 2. The molecule has 1 saturated heterocycles. The molecule has 5 nitrogen and oxygen atoms in total. The predicted octanol–water partition coefficient (Wildman–Crippen LogP) is 2.76. The number of carbonyl (C=O) groups excluding carboxylic acids is 1. The molecule has 23 heavy (non-hydrogen) atoms. The van der Waals surface area contributed by atoms with E-state index in [1.54, 1.807) is 35.2 Å². The molecule has 0 saturated carbocycles. The van der Waals surface area contributed by atoms with Crippen molar-refractivity contribution in [1.82, 2.24) is 0 Å². The minimum Gasteiger partial charge on any atom is -0.312 e. The van der Waals surface area contributed by atoms with Crippen LogP contribution < -0.4 is 9.62 Å². The zero-order valence-corrected chi connectivity index (χ0v) is 13.4. The summed E-state index contributed by atoms with van der Waals surface area (Å²) in [7, 11) is -3.49. The van der Waals surface area contributed by atoms with E-state index in [1.165, 1.54) is 0 Å². The summed E-state index contributed by atoms with van der Waals surface area (Å²) in [6.07, 6.45) is 1.38. The van der Waals surface area contributed by atoms with Crippen LogP contribution in [0.2, 0.25) is 0 Å². The molecule has 0 atom stereocenters. The number of nitrogens with one attached hydrogen (secondary N) is 1. The zero-order chi connectivity index (χ0) is 16.3. The van der Waals surface area contributed by atoms with E-state index in [2.05, 4.69) is 4.72 Å². The third kappa shape index (κ3) is 3.90. The molecular formula is C17H18N2O3S. The largest absolute Gasteiger partial charge is 0.312 e. The molecule has 1 heterocycles. The van der Waals surface area contributed by atoms with Crippen LogP contribution in [-0.4, -0.2) is 20.9 Å². The van der Waals surface area contributed by atoms with E-state index in [9.17, 15) is 13.2 Å². The van der Waals surface area contributed by atoms with Crippen molar-refractivity contribution in [2.45, 2.75) is 18.6 Å². The molecule has 1 amide bonds. The van der Waals surface area contributed by atoms with Crippen LogP contribution in [0, 0.1) is 0 Å². The predicted molar refractivity (Wildman–Crippen MR) is 90.7 cm³/mol. The van der Waals surface area contributed by atoms with Crippen LogP contribution in [0.4, 0.5) is 11.4 Å². The van der Waals surface area contributed by atoms with Gasteiger partial charge in [0, 0.05) is 18.7 Å². The van der Waals surface area contributed by atoms with Gasteiger partial charge in [-0.1, -0.05) is 36.4 Å². The lowest BCUT2D eigenvalue weighted by atomic mass is 10.2. The lowest BCUT2D eigenvalue weighted by Gasteiger charge is -2.17. The molecule has 1 N–H and O–H groups in total. The van der Waals surface area contributed by atoms with Crippen LogP contribution in [0.1, 0.15) is 18.4 Å². The van der Waals surface area contributed by atoms with Crippen molar-refractivity contribution >= 4 is 27.3 Å². The van der Waals surface area contributed by atoms with Gasteiger partial charge in [-0.2, -0.15) is 0 Å². The normalized spacial score (nSPS) is 15.0. The lowest BCUT2D eigenvalue weighted by Crippen LogP contribution is -2.23. The highest BCUT2D eigenvalue weighted by Crippen LogP contribution is 2.25. The van der Waals surface area contributed by atoms with Crippen molar-refractivity contribution in [1.29, 1.82) is 0 Å². The van der Waals surface area contributed by atoms with Crippen molar-refractivity contribution < 1.29 is 13.2 Å². The summed E-state index contributed by atoms with van der Waals surface area (Å²) in [4.78, 5) is 13.5. The molecule has 1 aliphatic rings. The van der Waals surface area contributed by atoms with E-state index >= 15 is 0 Å². The Kier molecular flexibility index (Phi) is 4.34. The first kappa shape index (κ1) is 15.6. The molecule has 0 aromatic heterocycles. The van der Waals surface area contributed by atoms with E-state index in [-0.39, 0.29) is 11.7 Å². The Bertz CT molecular complexity index is 804. The molecule has 0 radical (unpaired) electrons. The van der Waals surface area contributed by atoms with Gasteiger partial charge in [-0.3, -0.25) is 9.52 Å². The van der Waals surface area contributed by atoms with Crippen LogP contribution in [0.3, 0.4) is 0 Å². The molecule has 6 heteroatoms. The average molecular weight is 330 g/mol. The molecule has 2 aromatic carbocycles. The molecule has 0 aliphatic carbocycles. The number of hydrogen-bond donors (Lipinski definition) is 1. The first-order valence-electron chi connectivity index (χ1n) is 7.48. The zero-order valence-electron chi connectivity index (χ0n) is 12.6. The van der Waals surface area contributed by atoms with Gasteiger partial charge in [-0.05, 0) is 30.2 Å². The number of hydrogen-bond acceptors (Lipinski definition) is 3. The Balaban J connectivity index is 1.76. The van der Waals surface area contributed by atoms with Crippen molar-refractivity contribution in [2.75, 3.05) is 16.2 Å². The maximum Gasteiger partial charge on any atom is 0.236 e. The Morgan fingerprint density at radius 1 is 1.04 bits per heavy atom. The third-order valence-corrected chi connectivity index (χ3v) is 4.96. The van der Waals surface area contributed by atoms with Crippen LogP contribution in [0.25, 0.3) is 0 Å². The minimum absolute atomic E-state index is 0.0780. The molecular weight excluding hydrogens is 312 g/mol. The standard InChI is InChI=1S/C17H18N2O3S/c20-17-10-5-11-19(17)16-9-4-8-15(12-16)18-23(21,22)13-14-6-2-1-3-7-14/h1-4,6-9,12,18H,5,10-11,13H2. The number of nitrogens with zero attached hydrogens (tertiary/aromatic N) is 1. The number of benzene rings is 2. The fraction of sp³-hybridized carbons (Fsp3) is 0.235. The fourth-order valence-electron chi connectivity index (χ4n) is 2.67. The highest BCUT2D eigenvalue weighted by atomic mass is 32.2. The van der Waals surface area contributed by atoms with Crippen molar-refractivity contribution in [3.05, 3.63) is 60.2 Å². The Labute approximate surface area is 136 Å². The quantitative estimate of drug-likeness (QED) is 0.917. The lowest BCUT2D eigenvalue weighted by molar-refractivity contribution is -0.117. The number of sulfonamides is 1. The maximum absolute atomic E-state index is 12.3. The number of rotatable bonds is 5. The molecule has 1 aliphatic heterocycles. The summed E-state index contributed by atoms with van der Waals surface area (Å²) >= 11 is 0. The second kappa shape index (κ2) is 6.42. The van der Waals surface area contributed by atoms with Crippen LogP contribution in [-0.2, 0) is 20.6 Å². The van der Waals surface area contributed by atoms with Crippen LogP contribution >= 0.6 is 0 Å². The van der Waals surface area contributed by atoms with Crippen LogP contribution in [0.15, 0.2) is 54.6 Å². The molecule has 0 bridgehead atoms. The van der Waals surface area contributed by atoms with Gasteiger partial charge in [0.1, 0.15) is 0 Å². The summed E-state index contributed by atoms with van der Waals surface area (Å²) < 4.78 is 27.1.